The van der Waals surface area contributed by atoms with Crippen LogP contribution in [-0.4, -0.2) is 54.4 Å². The van der Waals surface area contributed by atoms with Crippen molar-refractivity contribution in [3.63, 3.8) is 0 Å². The molecule has 1 aromatic rings. The summed E-state index contributed by atoms with van der Waals surface area (Å²) >= 11 is 0. The van der Waals surface area contributed by atoms with Crippen molar-refractivity contribution in [2.75, 3.05) is 27.2 Å². The van der Waals surface area contributed by atoms with Gasteiger partial charge in [-0.25, -0.2) is 0 Å². The third kappa shape index (κ3) is 3.71. The molecule has 1 fully saturated rings. The van der Waals surface area contributed by atoms with Gasteiger partial charge in [0, 0.05) is 49.1 Å². The molecule has 2 rings (SSSR count). The summed E-state index contributed by atoms with van der Waals surface area (Å²) in [6.45, 7) is 9.30. The summed E-state index contributed by atoms with van der Waals surface area (Å²) in [4.78, 5) is 28.6. The van der Waals surface area contributed by atoms with Crippen LogP contribution in [0.4, 0.5) is 0 Å². The molecule has 132 valence electrons. The Morgan fingerprint density at radius 1 is 1.38 bits per heavy atom. The number of rotatable bonds is 4. The van der Waals surface area contributed by atoms with Crippen LogP contribution in [0.5, 0.6) is 5.75 Å². The fraction of sp³-hybridized carbons (Fsp3) is 0.579. The van der Waals surface area contributed by atoms with E-state index in [2.05, 4.69) is 0 Å². The summed E-state index contributed by atoms with van der Waals surface area (Å²) in [5.74, 6) is 1.03. The van der Waals surface area contributed by atoms with Gasteiger partial charge in [0.1, 0.15) is 5.75 Å². The van der Waals surface area contributed by atoms with Crippen molar-refractivity contribution < 1.29 is 14.3 Å². The van der Waals surface area contributed by atoms with E-state index in [1.807, 2.05) is 50.8 Å². The zero-order chi connectivity index (χ0) is 18.1. The van der Waals surface area contributed by atoms with Gasteiger partial charge in [-0.2, -0.15) is 0 Å². The maximum absolute atomic E-state index is 12.8. The van der Waals surface area contributed by atoms with Gasteiger partial charge in [-0.3, -0.25) is 9.59 Å². The lowest BCUT2D eigenvalue weighted by Crippen LogP contribution is -2.43. The molecule has 0 N–H and O–H groups in total. The molecule has 1 heterocycles. The van der Waals surface area contributed by atoms with E-state index >= 15 is 0 Å². The van der Waals surface area contributed by atoms with E-state index in [1.165, 1.54) is 0 Å². The molecule has 5 heteroatoms. The molecule has 0 radical (unpaired) electrons. The average molecular weight is 332 g/mol. The second-order valence-corrected chi connectivity index (χ2v) is 7.56. The van der Waals surface area contributed by atoms with Crippen LogP contribution in [0.2, 0.25) is 0 Å². The van der Waals surface area contributed by atoms with Crippen molar-refractivity contribution in [3.8, 4) is 5.75 Å². The normalized spacial score (nSPS) is 18.0. The van der Waals surface area contributed by atoms with Crippen LogP contribution < -0.4 is 4.74 Å². The predicted octanol–water partition coefficient (Wildman–Crippen LogP) is 2.72. The number of carbonyl (C=O) groups is 2. The first-order valence-corrected chi connectivity index (χ1v) is 8.34. The highest BCUT2D eigenvalue weighted by molar-refractivity contribution is 5.96. The Bertz CT molecular complexity index is 634. The number of amides is 2. The predicted molar refractivity (Wildman–Crippen MR) is 94.3 cm³/mol. The number of hydrogen-bond donors (Lipinski definition) is 0. The van der Waals surface area contributed by atoms with Gasteiger partial charge in [0.25, 0.3) is 5.91 Å². The maximum Gasteiger partial charge on any atom is 0.254 e. The van der Waals surface area contributed by atoms with Gasteiger partial charge in [0.15, 0.2) is 0 Å². The highest BCUT2D eigenvalue weighted by atomic mass is 16.5. The largest absolute Gasteiger partial charge is 0.496 e. The molecule has 1 aliphatic rings. The number of nitrogens with zero attached hydrogens (tertiary/aromatic N) is 2. The Labute approximate surface area is 144 Å². The molecule has 0 aromatic heterocycles. The fourth-order valence-corrected chi connectivity index (χ4v) is 3.30. The SMILES string of the molecule is COc1cccc(C(=O)N(C)C[C@H]2CC(=O)N(C(C)(C)C)C2)c1C. The van der Waals surface area contributed by atoms with Gasteiger partial charge >= 0.3 is 0 Å². The minimum atomic E-state index is -0.169. The Morgan fingerprint density at radius 3 is 2.58 bits per heavy atom. The molecule has 2 amide bonds. The number of hydrogen-bond acceptors (Lipinski definition) is 3. The van der Waals surface area contributed by atoms with Gasteiger partial charge in [-0.05, 0) is 39.8 Å². The summed E-state index contributed by atoms with van der Waals surface area (Å²) in [7, 11) is 3.40. The number of benzene rings is 1. The standard InChI is InChI=1S/C19H28N2O3/c1-13-15(8-7-9-16(13)24-6)18(23)20(5)11-14-10-17(22)21(12-14)19(2,3)4/h7-9,14H,10-12H2,1-6H3/t14-/m1/s1. The first kappa shape index (κ1) is 18.3. The molecule has 0 aliphatic carbocycles. The van der Waals surface area contributed by atoms with Crippen molar-refractivity contribution in [2.45, 2.75) is 39.7 Å². The molecule has 0 saturated carbocycles. The molecule has 5 nitrogen and oxygen atoms in total. The Hall–Kier alpha value is -2.04. The van der Waals surface area contributed by atoms with E-state index in [4.69, 9.17) is 4.74 Å². The van der Waals surface area contributed by atoms with Crippen LogP contribution in [-0.2, 0) is 4.79 Å². The van der Waals surface area contributed by atoms with Gasteiger partial charge < -0.3 is 14.5 Å². The summed E-state index contributed by atoms with van der Waals surface area (Å²) in [6.07, 6.45) is 0.506. The van der Waals surface area contributed by atoms with Crippen molar-refractivity contribution in [1.82, 2.24) is 9.80 Å². The zero-order valence-corrected chi connectivity index (χ0v) is 15.5. The first-order chi connectivity index (χ1) is 11.1. The summed E-state index contributed by atoms with van der Waals surface area (Å²) < 4.78 is 5.29. The lowest BCUT2D eigenvalue weighted by Gasteiger charge is -2.32. The molecular weight excluding hydrogens is 304 g/mol. The van der Waals surface area contributed by atoms with E-state index in [0.29, 0.717) is 30.8 Å². The van der Waals surface area contributed by atoms with Gasteiger partial charge in [-0.1, -0.05) is 6.07 Å². The van der Waals surface area contributed by atoms with Gasteiger partial charge in [0.05, 0.1) is 7.11 Å². The van der Waals surface area contributed by atoms with Gasteiger partial charge in [0.2, 0.25) is 5.91 Å². The lowest BCUT2D eigenvalue weighted by molar-refractivity contribution is -0.131. The molecule has 1 saturated heterocycles. The first-order valence-electron chi connectivity index (χ1n) is 8.34. The molecule has 1 aromatic carbocycles. The fourth-order valence-electron chi connectivity index (χ4n) is 3.30. The summed E-state index contributed by atoms with van der Waals surface area (Å²) in [6, 6.07) is 5.49. The highest BCUT2D eigenvalue weighted by Gasteiger charge is 2.37. The van der Waals surface area contributed by atoms with Crippen LogP contribution in [0.15, 0.2) is 18.2 Å². The second-order valence-electron chi connectivity index (χ2n) is 7.56. The minimum Gasteiger partial charge on any atom is -0.496 e. The van der Waals surface area contributed by atoms with Crippen LogP contribution in [0.1, 0.15) is 43.1 Å². The molecule has 0 unspecified atom stereocenters. The van der Waals surface area contributed by atoms with Crippen LogP contribution in [0, 0.1) is 12.8 Å². The minimum absolute atomic E-state index is 0.0342. The molecule has 24 heavy (non-hydrogen) atoms. The molecular formula is C19H28N2O3. The lowest BCUT2D eigenvalue weighted by atomic mass is 10.0. The molecule has 1 aliphatic heterocycles. The van der Waals surface area contributed by atoms with Gasteiger partial charge in [-0.15, -0.1) is 0 Å². The van der Waals surface area contributed by atoms with E-state index in [1.54, 1.807) is 19.1 Å². The number of ether oxygens (including phenoxy) is 1. The van der Waals surface area contributed by atoms with Crippen LogP contribution >= 0.6 is 0 Å². The van der Waals surface area contributed by atoms with E-state index in [0.717, 1.165) is 5.56 Å². The van der Waals surface area contributed by atoms with E-state index < -0.39 is 0 Å². The third-order valence-electron chi connectivity index (χ3n) is 4.63. The summed E-state index contributed by atoms with van der Waals surface area (Å²) in [5, 5.41) is 0. The second kappa shape index (κ2) is 6.83. The number of methoxy groups -OCH3 is 1. The Morgan fingerprint density at radius 2 is 2.04 bits per heavy atom. The third-order valence-corrected chi connectivity index (χ3v) is 4.63. The monoisotopic (exact) mass is 332 g/mol. The van der Waals surface area contributed by atoms with Crippen molar-refractivity contribution in [2.24, 2.45) is 5.92 Å². The van der Waals surface area contributed by atoms with E-state index in [9.17, 15) is 9.59 Å². The maximum atomic E-state index is 12.8. The van der Waals surface area contributed by atoms with Crippen molar-refractivity contribution in [1.29, 1.82) is 0 Å². The van der Waals surface area contributed by atoms with Crippen molar-refractivity contribution >= 4 is 11.8 Å². The zero-order valence-electron chi connectivity index (χ0n) is 15.5. The molecule has 1 atom stereocenters. The molecule has 0 bridgehead atoms. The number of likely N-dealkylation sites (tertiary alicyclic amines) is 1. The van der Waals surface area contributed by atoms with Crippen molar-refractivity contribution in [3.05, 3.63) is 29.3 Å². The topological polar surface area (TPSA) is 49.9 Å². The smallest absolute Gasteiger partial charge is 0.254 e. The summed E-state index contributed by atoms with van der Waals surface area (Å²) in [5.41, 5.74) is 1.32. The van der Waals surface area contributed by atoms with E-state index in [-0.39, 0.29) is 23.3 Å². The van der Waals surface area contributed by atoms with Crippen LogP contribution in [0.25, 0.3) is 0 Å². The number of carbonyl (C=O) groups excluding carboxylic acids is 2. The average Bonchev–Trinajstić information content (AvgIpc) is 2.87. The molecule has 0 spiro atoms. The Kier molecular flexibility index (Phi) is 5.21. The Balaban J connectivity index is 2.07. The quantitative estimate of drug-likeness (QED) is 0.852. The highest BCUT2D eigenvalue weighted by Crippen LogP contribution is 2.27. The van der Waals surface area contributed by atoms with Crippen LogP contribution in [0.3, 0.4) is 0 Å².